The molecule has 5 heteroatoms. The van der Waals surface area contributed by atoms with Crippen LogP contribution in [-0.4, -0.2) is 5.71 Å². The van der Waals surface area contributed by atoms with Crippen molar-refractivity contribution in [3.63, 3.8) is 0 Å². The monoisotopic (exact) mass is 400 g/mol. The Balaban J connectivity index is 1.81. The molecule has 0 N–H and O–H groups in total. The minimum absolute atomic E-state index is 0.000118. The molecule has 0 radical (unpaired) electrons. The van der Waals surface area contributed by atoms with E-state index >= 15 is 0 Å². The number of nitrogens with zero attached hydrogens (tertiary/aromatic N) is 2. The van der Waals surface area contributed by atoms with Gasteiger partial charge in [0.05, 0.1) is 22.5 Å². The minimum atomic E-state index is -0.000118. The second kappa shape index (κ2) is 7.32. The summed E-state index contributed by atoms with van der Waals surface area (Å²) >= 11 is 18.9. The number of benzene rings is 3. The Morgan fingerprint density at radius 2 is 1.58 bits per heavy atom. The molecule has 1 atom stereocenters. The zero-order chi connectivity index (χ0) is 18.1. The van der Waals surface area contributed by atoms with Gasteiger partial charge in [0.2, 0.25) is 0 Å². The summed E-state index contributed by atoms with van der Waals surface area (Å²) in [4.78, 5) is 0. The number of halogens is 3. The number of hydrogen-bond acceptors (Lipinski definition) is 2. The van der Waals surface area contributed by atoms with Gasteiger partial charge in [-0.05, 0) is 41.5 Å². The van der Waals surface area contributed by atoms with Gasteiger partial charge in [-0.25, -0.2) is 0 Å². The third kappa shape index (κ3) is 3.45. The van der Waals surface area contributed by atoms with Gasteiger partial charge in [-0.2, -0.15) is 5.10 Å². The highest BCUT2D eigenvalue weighted by atomic mass is 35.5. The second-order valence-electron chi connectivity index (χ2n) is 6.13. The Hall–Kier alpha value is -2.00. The first kappa shape index (κ1) is 17.4. The molecule has 1 aliphatic heterocycles. The lowest BCUT2D eigenvalue weighted by atomic mass is 9.98. The highest BCUT2D eigenvalue weighted by Gasteiger charge is 2.31. The van der Waals surface area contributed by atoms with Crippen LogP contribution in [0.2, 0.25) is 15.1 Å². The van der Waals surface area contributed by atoms with Crippen LogP contribution in [-0.2, 0) is 0 Å². The van der Waals surface area contributed by atoms with E-state index in [1.807, 2.05) is 47.5 Å². The van der Waals surface area contributed by atoms with Crippen LogP contribution in [0.15, 0.2) is 77.9 Å². The molecule has 26 heavy (non-hydrogen) atoms. The number of anilines is 1. The van der Waals surface area contributed by atoms with Crippen LogP contribution < -0.4 is 5.01 Å². The Labute approximate surface area is 167 Å². The Kier molecular flexibility index (Phi) is 4.90. The predicted molar refractivity (Wildman–Crippen MR) is 111 cm³/mol. The molecule has 0 saturated carbocycles. The van der Waals surface area contributed by atoms with Gasteiger partial charge < -0.3 is 0 Å². The highest BCUT2D eigenvalue weighted by molar-refractivity contribution is 6.35. The van der Waals surface area contributed by atoms with Crippen molar-refractivity contribution < 1.29 is 0 Å². The zero-order valence-electron chi connectivity index (χ0n) is 13.7. The van der Waals surface area contributed by atoms with E-state index in [-0.39, 0.29) is 6.04 Å². The summed E-state index contributed by atoms with van der Waals surface area (Å²) in [6.07, 6.45) is 0.757. The van der Waals surface area contributed by atoms with Gasteiger partial charge in [0.1, 0.15) is 0 Å². The maximum Gasteiger partial charge on any atom is 0.0832 e. The molecule has 130 valence electrons. The Morgan fingerprint density at radius 1 is 0.808 bits per heavy atom. The van der Waals surface area contributed by atoms with E-state index in [1.165, 1.54) is 0 Å². The van der Waals surface area contributed by atoms with E-state index in [9.17, 15) is 0 Å². The van der Waals surface area contributed by atoms with Crippen LogP contribution in [0.1, 0.15) is 23.6 Å². The lowest BCUT2D eigenvalue weighted by Crippen LogP contribution is -2.18. The Morgan fingerprint density at radius 3 is 2.35 bits per heavy atom. The van der Waals surface area contributed by atoms with Crippen molar-refractivity contribution in [1.82, 2.24) is 0 Å². The van der Waals surface area contributed by atoms with E-state index in [2.05, 4.69) is 18.2 Å². The number of rotatable bonds is 3. The molecule has 0 aliphatic carbocycles. The van der Waals surface area contributed by atoms with Crippen molar-refractivity contribution in [2.75, 3.05) is 5.01 Å². The maximum atomic E-state index is 6.46. The standard InChI is InChI=1S/C21H15Cl3N2/c22-16-8-4-7-15(11-16)20-13-19(14-5-2-1-3-6-14)25-26(20)21-12-17(23)9-10-18(21)24/h1-12,20H,13H2. The number of hydrazone groups is 1. The fraction of sp³-hybridized carbons (Fsp3) is 0.0952. The molecule has 2 nitrogen and oxygen atoms in total. The van der Waals surface area contributed by atoms with Crippen LogP contribution in [0, 0.1) is 0 Å². The third-order valence-corrected chi connectivity index (χ3v) is 5.20. The van der Waals surface area contributed by atoms with Crippen molar-refractivity contribution in [2.24, 2.45) is 5.10 Å². The smallest absolute Gasteiger partial charge is 0.0832 e. The average Bonchev–Trinajstić information content (AvgIpc) is 3.10. The first-order chi connectivity index (χ1) is 12.6. The predicted octanol–water partition coefficient (Wildman–Crippen LogP) is 7.00. The molecule has 0 fully saturated rings. The molecule has 4 rings (SSSR count). The molecule has 0 bridgehead atoms. The summed E-state index contributed by atoms with van der Waals surface area (Å²) in [5.41, 5.74) is 3.98. The number of hydrogen-bond donors (Lipinski definition) is 0. The molecule has 3 aromatic rings. The van der Waals surface area contributed by atoms with Gasteiger partial charge in [0.25, 0.3) is 0 Å². The summed E-state index contributed by atoms with van der Waals surface area (Å²) in [5.74, 6) is 0. The van der Waals surface area contributed by atoms with Crippen LogP contribution in [0.3, 0.4) is 0 Å². The Bertz CT molecular complexity index is 970. The van der Waals surface area contributed by atoms with Crippen LogP contribution in [0.4, 0.5) is 5.69 Å². The van der Waals surface area contributed by atoms with Crippen LogP contribution in [0.25, 0.3) is 0 Å². The van der Waals surface area contributed by atoms with E-state index in [1.54, 1.807) is 12.1 Å². The second-order valence-corrected chi connectivity index (χ2v) is 7.41. The summed E-state index contributed by atoms with van der Waals surface area (Å²) in [6.45, 7) is 0. The SMILES string of the molecule is Clc1cccc(C2CC(c3ccccc3)=NN2c2cc(Cl)ccc2Cl)c1. The third-order valence-electron chi connectivity index (χ3n) is 4.41. The summed E-state index contributed by atoms with van der Waals surface area (Å²) < 4.78 is 0. The molecule has 3 aromatic carbocycles. The lowest BCUT2D eigenvalue weighted by molar-refractivity contribution is 0.709. The molecule has 0 saturated heterocycles. The van der Waals surface area contributed by atoms with E-state index in [0.29, 0.717) is 15.1 Å². The zero-order valence-corrected chi connectivity index (χ0v) is 16.0. The van der Waals surface area contributed by atoms with Crippen molar-refractivity contribution in [3.05, 3.63) is 99.0 Å². The molecular formula is C21H15Cl3N2. The van der Waals surface area contributed by atoms with Gasteiger partial charge in [0.15, 0.2) is 0 Å². The van der Waals surface area contributed by atoms with Gasteiger partial charge in [-0.15, -0.1) is 0 Å². The molecule has 0 spiro atoms. The van der Waals surface area contributed by atoms with Gasteiger partial charge in [-0.1, -0.05) is 77.3 Å². The molecule has 0 amide bonds. The quantitative estimate of drug-likeness (QED) is 0.461. The van der Waals surface area contributed by atoms with Crippen molar-refractivity contribution in [3.8, 4) is 0 Å². The summed E-state index contributed by atoms with van der Waals surface area (Å²) in [7, 11) is 0. The first-order valence-corrected chi connectivity index (χ1v) is 9.38. The van der Waals surface area contributed by atoms with E-state index in [4.69, 9.17) is 39.9 Å². The van der Waals surface area contributed by atoms with Gasteiger partial charge in [0, 0.05) is 16.5 Å². The van der Waals surface area contributed by atoms with E-state index in [0.717, 1.165) is 28.9 Å². The van der Waals surface area contributed by atoms with Gasteiger partial charge in [-0.3, -0.25) is 5.01 Å². The van der Waals surface area contributed by atoms with Crippen molar-refractivity contribution >= 4 is 46.2 Å². The lowest BCUT2D eigenvalue weighted by Gasteiger charge is -2.25. The molecule has 1 aliphatic rings. The van der Waals surface area contributed by atoms with Crippen molar-refractivity contribution in [2.45, 2.75) is 12.5 Å². The summed E-state index contributed by atoms with van der Waals surface area (Å²) in [6, 6.07) is 23.4. The van der Waals surface area contributed by atoms with E-state index < -0.39 is 0 Å². The minimum Gasteiger partial charge on any atom is -0.256 e. The highest BCUT2D eigenvalue weighted by Crippen LogP contribution is 2.41. The first-order valence-electron chi connectivity index (χ1n) is 8.24. The van der Waals surface area contributed by atoms with Crippen LogP contribution in [0.5, 0.6) is 0 Å². The molecule has 0 aromatic heterocycles. The van der Waals surface area contributed by atoms with Gasteiger partial charge >= 0.3 is 0 Å². The largest absolute Gasteiger partial charge is 0.256 e. The average molecular weight is 402 g/mol. The normalized spacial score (nSPS) is 16.7. The topological polar surface area (TPSA) is 15.6 Å². The molecule has 1 heterocycles. The molecular weight excluding hydrogens is 387 g/mol. The maximum absolute atomic E-state index is 6.46. The summed E-state index contributed by atoms with van der Waals surface area (Å²) in [5, 5.41) is 8.76. The van der Waals surface area contributed by atoms with Crippen molar-refractivity contribution in [1.29, 1.82) is 0 Å². The molecule has 1 unspecified atom stereocenters. The fourth-order valence-corrected chi connectivity index (χ4v) is 3.74. The van der Waals surface area contributed by atoms with Crippen LogP contribution >= 0.6 is 34.8 Å². The fourth-order valence-electron chi connectivity index (χ4n) is 3.17.